The quantitative estimate of drug-likeness (QED) is 0.778. The van der Waals surface area contributed by atoms with Gasteiger partial charge in [-0.25, -0.2) is 0 Å². The van der Waals surface area contributed by atoms with Crippen LogP contribution in [0.1, 0.15) is 24.0 Å². The van der Waals surface area contributed by atoms with E-state index in [1.165, 1.54) is 11.1 Å². The van der Waals surface area contributed by atoms with Crippen LogP contribution in [0.15, 0.2) is 24.3 Å². The molecule has 2 aliphatic rings. The topological polar surface area (TPSA) is 26.8 Å². The summed E-state index contributed by atoms with van der Waals surface area (Å²) in [5.74, 6) is 0.398. The van der Waals surface area contributed by atoms with Gasteiger partial charge in [0.05, 0.1) is 5.41 Å². The maximum absolute atomic E-state index is 12.5. The average Bonchev–Trinajstić information content (AvgIpc) is 2.54. The Balaban J connectivity index is 1.47. The highest BCUT2D eigenvalue weighted by atomic mass is 16.2. The molecule has 4 heteroatoms. The Kier molecular flexibility index (Phi) is 4.74. The van der Waals surface area contributed by atoms with Gasteiger partial charge in [-0.1, -0.05) is 29.8 Å². The zero-order valence-electron chi connectivity index (χ0n) is 14.7. The number of carbonyl (C=O) groups excluding carboxylic acids is 1. The fourth-order valence-corrected chi connectivity index (χ4v) is 3.71. The summed E-state index contributed by atoms with van der Waals surface area (Å²) in [5.41, 5.74) is 2.65. The molecule has 2 aliphatic heterocycles. The first-order chi connectivity index (χ1) is 11.0. The van der Waals surface area contributed by atoms with Crippen molar-refractivity contribution in [2.45, 2.75) is 26.3 Å². The van der Waals surface area contributed by atoms with Crippen molar-refractivity contribution >= 4 is 5.91 Å². The summed E-state index contributed by atoms with van der Waals surface area (Å²) in [7, 11) is 4.12. The molecule has 4 nitrogen and oxygen atoms in total. The van der Waals surface area contributed by atoms with Crippen molar-refractivity contribution < 1.29 is 4.79 Å². The number of carbonyl (C=O) groups is 1. The van der Waals surface area contributed by atoms with Crippen LogP contribution >= 0.6 is 0 Å². The Labute approximate surface area is 140 Å². The number of likely N-dealkylation sites (N-methyl/N-ethyl adjacent to an activating group) is 1. The zero-order valence-corrected chi connectivity index (χ0v) is 14.7. The Morgan fingerprint density at radius 1 is 1.13 bits per heavy atom. The van der Waals surface area contributed by atoms with E-state index in [0.717, 1.165) is 52.1 Å². The van der Waals surface area contributed by atoms with Crippen LogP contribution in [0.4, 0.5) is 0 Å². The molecular weight excluding hydrogens is 286 g/mol. The summed E-state index contributed by atoms with van der Waals surface area (Å²) in [6.07, 6.45) is 2.05. The van der Waals surface area contributed by atoms with Crippen LogP contribution in [0.25, 0.3) is 0 Å². The summed E-state index contributed by atoms with van der Waals surface area (Å²) in [5, 5.41) is 0. The highest BCUT2D eigenvalue weighted by Gasteiger charge is 2.52. The minimum absolute atomic E-state index is 0.0317. The maximum Gasteiger partial charge on any atom is 0.230 e. The summed E-state index contributed by atoms with van der Waals surface area (Å²) >= 11 is 0. The molecule has 2 saturated heterocycles. The van der Waals surface area contributed by atoms with Crippen molar-refractivity contribution in [2.24, 2.45) is 5.41 Å². The van der Waals surface area contributed by atoms with Crippen LogP contribution in [0.5, 0.6) is 0 Å². The molecule has 1 aromatic carbocycles. The number of aryl methyl sites for hydroxylation is 1. The summed E-state index contributed by atoms with van der Waals surface area (Å²) < 4.78 is 0. The number of rotatable bonds is 5. The molecule has 0 N–H and O–H groups in total. The number of hydrogen-bond donors (Lipinski definition) is 0. The van der Waals surface area contributed by atoms with Gasteiger partial charge in [-0.2, -0.15) is 0 Å². The lowest BCUT2D eigenvalue weighted by molar-refractivity contribution is -0.165. The molecule has 2 heterocycles. The SMILES string of the molecule is Cc1ccc(CN2CCC3(CC2)CN(CCN(C)C)C3=O)cc1. The monoisotopic (exact) mass is 315 g/mol. The third kappa shape index (κ3) is 3.59. The molecule has 0 aromatic heterocycles. The number of piperidine rings is 1. The molecule has 0 saturated carbocycles. The smallest absolute Gasteiger partial charge is 0.230 e. The van der Waals surface area contributed by atoms with E-state index in [-0.39, 0.29) is 5.41 Å². The van der Waals surface area contributed by atoms with Crippen LogP contribution in [0.3, 0.4) is 0 Å². The first kappa shape index (κ1) is 16.5. The van der Waals surface area contributed by atoms with E-state index in [4.69, 9.17) is 0 Å². The van der Waals surface area contributed by atoms with Crippen molar-refractivity contribution in [1.82, 2.24) is 14.7 Å². The number of benzene rings is 1. The van der Waals surface area contributed by atoms with E-state index in [0.29, 0.717) is 5.91 Å². The van der Waals surface area contributed by atoms with Crippen LogP contribution < -0.4 is 0 Å². The lowest BCUT2D eigenvalue weighted by atomic mass is 9.71. The molecule has 126 valence electrons. The number of hydrogen-bond acceptors (Lipinski definition) is 3. The van der Waals surface area contributed by atoms with Gasteiger partial charge in [0.1, 0.15) is 0 Å². The minimum Gasteiger partial charge on any atom is -0.340 e. The fraction of sp³-hybridized carbons (Fsp3) is 0.632. The van der Waals surface area contributed by atoms with E-state index >= 15 is 0 Å². The van der Waals surface area contributed by atoms with Gasteiger partial charge in [0.15, 0.2) is 0 Å². The second-order valence-electron chi connectivity index (χ2n) is 7.57. The summed E-state index contributed by atoms with van der Waals surface area (Å²) in [6, 6.07) is 8.80. The molecule has 0 unspecified atom stereocenters. The molecule has 0 radical (unpaired) electrons. The van der Waals surface area contributed by atoms with E-state index < -0.39 is 0 Å². The summed E-state index contributed by atoms with van der Waals surface area (Å²) in [4.78, 5) is 19.2. The number of β-lactam (4-membered cyclic amide) rings is 1. The van der Waals surface area contributed by atoms with E-state index in [1.807, 2.05) is 4.90 Å². The highest BCUT2D eigenvalue weighted by Crippen LogP contribution is 2.41. The molecule has 1 amide bonds. The number of likely N-dealkylation sites (tertiary alicyclic amines) is 2. The number of nitrogens with zero attached hydrogens (tertiary/aromatic N) is 3. The molecule has 1 spiro atoms. The molecule has 23 heavy (non-hydrogen) atoms. The molecule has 0 aliphatic carbocycles. The second-order valence-corrected chi connectivity index (χ2v) is 7.57. The van der Waals surface area contributed by atoms with E-state index in [9.17, 15) is 4.79 Å². The van der Waals surface area contributed by atoms with Gasteiger partial charge in [-0.15, -0.1) is 0 Å². The Bertz CT molecular complexity index is 544. The van der Waals surface area contributed by atoms with Gasteiger partial charge >= 0.3 is 0 Å². The first-order valence-electron chi connectivity index (χ1n) is 8.71. The van der Waals surface area contributed by atoms with E-state index in [1.54, 1.807) is 0 Å². The minimum atomic E-state index is -0.0317. The van der Waals surface area contributed by atoms with Crippen molar-refractivity contribution in [3.63, 3.8) is 0 Å². The Hall–Kier alpha value is -1.39. The normalized spacial score (nSPS) is 21.0. The van der Waals surface area contributed by atoms with Crippen molar-refractivity contribution in [1.29, 1.82) is 0 Å². The largest absolute Gasteiger partial charge is 0.340 e. The van der Waals surface area contributed by atoms with Gasteiger partial charge in [-0.3, -0.25) is 9.69 Å². The third-order valence-corrected chi connectivity index (χ3v) is 5.39. The van der Waals surface area contributed by atoms with Crippen LogP contribution in [-0.2, 0) is 11.3 Å². The summed E-state index contributed by atoms with van der Waals surface area (Å²) in [6.45, 7) is 8.02. The van der Waals surface area contributed by atoms with Gasteiger partial charge in [0, 0.05) is 26.2 Å². The average molecular weight is 315 g/mol. The van der Waals surface area contributed by atoms with Gasteiger partial charge in [-0.05, 0) is 52.5 Å². The van der Waals surface area contributed by atoms with Gasteiger partial charge < -0.3 is 9.80 Å². The molecule has 0 bridgehead atoms. The van der Waals surface area contributed by atoms with Gasteiger partial charge in [0.2, 0.25) is 5.91 Å². The van der Waals surface area contributed by atoms with Crippen molar-refractivity contribution in [3.8, 4) is 0 Å². The van der Waals surface area contributed by atoms with Gasteiger partial charge in [0.25, 0.3) is 0 Å². The maximum atomic E-state index is 12.5. The Morgan fingerprint density at radius 3 is 2.35 bits per heavy atom. The van der Waals surface area contributed by atoms with Crippen molar-refractivity contribution in [3.05, 3.63) is 35.4 Å². The van der Waals surface area contributed by atoms with E-state index in [2.05, 4.69) is 55.1 Å². The van der Waals surface area contributed by atoms with Crippen LogP contribution in [0, 0.1) is 12.3 Å². The standard InChI is InChI=1S/C19H29N3O/c1-16-4-6-17(7-5-16)14-21-10-8-19(9-11-21)15-22(18(19)23)13-12-20(2)3/h4-7H,8-15H2,1-3H3. The highest BCUT2D eigenvalue weighted by molar-refractivity contribution is 5.89. The third-order valence-electron chi connectivity index (χ3n) is 5.39. The lowest BCUT2D eigenvalue weighted by Crippen LogP contribution is -2.65. The predicted octanol–water partition coefficient (Wildman–Crippen LogP) is 1.98. The predicted molar refractivity (Wildman–Crippen MR) is 93.3 cm³/mol. The second kappa shape index (κ2) is 6.62. The number of amides is 1. The Morgan fingerprint density at radius 2 is 1.78 bits per heavy atom. The van der Waals surface area contributed by atoms with Crippen LogP contribution in [0.2, 0.25) is 0 Å². The first-order valence-corrected chi connectivity index (χ1v) is 8.71. The molecule has 1 aromatic rings. The molecule has 2 fully saturated rings. The molecular formula is C19H29N3O. The zero-order chi connectivity index (χ0) is 16.4. The molecule has 0 atom stereocenters. The van der Waals surface area contributed by atoms with Crippen molar-refractivity contribution in [2.75, 3.05) is 46.8 Å². The lowest BCUT2D eigenvalue weighted by Gasteiger charge is -2.52. The van der Waals surface area contributed by atoms with Crippen LogP contribution in [-0.4, -0.2) is 67.4 Å². The fourth-order valence-electron chi connectivity index (χ4n) is 3.71. The molecule has 3 rings (SSSR count).